The van der Waals surface area contributed by atoms with E-state index in [1.165, 1.54) is 16.6 Å². The minimum absolute atomic E-state index is 0.709. The summed E-state index contributed by atoms with van der Waals surface area (Å²) < 4.78 is 2.22. The molecular formula is C17H14N2. The van der Waals surface area contributed by atoms with Crippen molar-refractivity contribution in [3.8, 4) is 6.07 Å². The fourth-order valence-electron chi connectivity index (χ4n) is 2.38. The molecule has 2 nitrogen and oxygen atoms in total. The molecule has 0 radical (unpaired) electrons. The van der Waals surface area contributed by atoms with E-state index in [1.807, 2.05) is 18.2 Å². The van der Waals surface area contributed by atoms with Crippen LogP contribution in [-0.2, 0) is 6.54 Å². The second-order valence-electron chi connectivity index (χ2n) is 4.76. The molecule has 0 bridgehead atoms. The summed E-state index contributed by atoms with van der Waals surface area (Å²) in [5, 5.41) is 10.0. The van der Waals surface area contributed by atoms with E-state index in [2.05, 4.69) is 54.1 Å². The standard InChI is InChI=1S/C17H14N2/c1-13-4-2-3-5-16(13)12-19-9-8-15-10-14(11-18)6-7-17(15)19/h2-10H,12H2,1H3. The first-order valence-electron chi connectivity index (χ1n) is 6.31. The molecule has 0 spiro atoms. The summed E-state index contributed by atoms with van der Waals surface area (Å²) in [6.07, 6.45) is 2.08. The Morgan fingerprint density at radius 2 is 1.95 bits per heavy atom. The largest absolute Gasteiger partial charge is 0.343 e. The number of hydrogen-bond donors (Lipinski definition) is 0. The maximum atomic E-state index is 8.92. The summed E-state index contributed by atoms with van der Waals surface area (Å²) in [5.41, 5.74) is 4.51. The van der Waals surface area contributed by atoms with Crippen LogP contribution < -0.4 is 0 Å². The first-order chi connectivity index (χ1) is 9.28. The van der Waals surface area contributed by atoms with E-state index >= 15 is 0 Å². The van der Waals surface area contributed by atoms with Crippen molar-refractivity contribution in [1.29, 1.82) is 5.26 Å². The Morgan fingerprint density at radius 1 is 1.11 bits per heavy atom. The number of rotatable bonds is 2. The second-order valence-corrected chi connectivity index (χ2v) is 4.76. The van der Waals surface area contributed by atoms with Gasteiger partial charge in [0.1, 0.15) is 0 Å². The molecule has 2 heteroatoms. The Hall–Kier alpha value is -2.53. The first kappa shape index (κ1) is 11.6. The average Bonchev–Trinajstić information content (AvgIpc) is 2.83. The second kappa shape index (κ2) is 4.62. The van der Waals surface area contributed by atoms with Gasteiger partial charge in [-0.3, -0.25) is 0 Å². The molecular weight excluding hydrogens is 232 g/mol. The lowest BCUT2D eigenvalue weighted by atomic mass is 10.1. The molecule has 0 aliphatic rings. The smallest absolute Gasteiger partial charge is 0.0991 e. The topological polar surface area (TPSA) is 28.7 Å². The molecule has 0 N–H and O–H groups in total. The van der Waals surface area contributed by atoms with Crippen LogP contribution >= 0.6 is 0 Å². The maximum Gasteiger partial charge on any atom is 0.0991 e. The van der Waals surface area contributed by atoms with Gasteiger partial charge in [0.05, 0.1) is 11.6 Å². The van der Waals surface area contributed by atoms with E-state index in [4.69, 9.17) is 5.26 Å². The highest BCUT2D eigenvalue weighted by molar-refractivity contribution is 5.81. The third kappa shape index (κ3) is 2.11. The van der Waals surface area contributed by atoms with Gasteiger partial charge in [-0.15, -0.1) is 0 Å². The van der Waals surface area contributed by atoms with Gasteiger partial charge in [0.25, 0.3) is 0 Å². The molecule has 0 amide bonds. The summed E-state index contributed by atoms with van der Waals surface area (Å²) >= 11 is 0. The van der Waals surface area contributed by atoms with Crippen LogP contribution in [0.4, 0.5) is 0 Å². The Morgan fingerprint density at radius 3 is 2.74 bits per heavy atom. The van der Waals surface area contributed by atoms with Crippen LogP contribution in [0, 0.1) is 18.3 Å². The number of hydrogen-bond acceptors (Lipinski definition) is 1. The van der Waals surface area contributed by atoms with Crippen molar-refractivity contribution >= 4 is 10.9 Å². The Kier molecular flexibility index (Phi) is 2.81. The molecule has 92 valence electrons. The minimum atomic E-state index is 0.709. The molecule has 0 fully saturated rings. The molecule has 2 aromatic carbocycles. The number of aryl methyl sites for hydroxylation is 1. The first-order valence-corrected chi connectivity index (χ1v) is 6.31. The van der Waals surface area contributed by atoms with Crippen molar-refractivity contribution in [1.82, 2.24) is 4.57 Å². The average molecular weight is 246 g/mol. The highest BCUT2D eigenvalue weighted by atomic mass is 14.9. The van der Waals surface area contributed by atoms with Crippen LogP contribution in [0.1, 0.15) is 16.7 Å². The lowest BCUT2D eigenvalue weighted by Crippen LogP contribution is -1.99. The van der Waals surface area contributed by atoms with Crippen molar-refractivity contribution in [3.05, 3.63) is 71.4 Å². The quantitative estimate of drug-likeness (QED) is 0.674. The number of fused-ring (bicyclic) bond motifs is 1. The molecule has 0 aliphatic heterocycles. The van der Waals surface area contributed by atoms with Gasteiger partial charge in [-0.2, -0.15) is 5.26 Å². The normalized spacial score (nSPS) is 10.5. The van der Waals surface area contributed by atoms with Gasteiger partial charge >= 0.3 is 0 Å². The molecule has 0 atom stereocenters. The van der Waals surface area contributed by atoms with E-state index in [9.17, 15) is 0 Å². The Balaban J connectivity index is 2.03. The summed E-state index contributed by atoms with van der Waals surface area (Å²) in [4.78, 5) is 0. The van der Waals surface area contributed by atoms with Gasteiger partial charge in [-0.05, 0) is 42.3 Å². The van der Waals surface area contributed by atoms with Crippen LogP contribution in [0.25, 0.3) is 10.9 Å². The molecule has 3 rings (SSSR count). The zero-order valence-electron chi connectivity index (χ0n) is 10.8. The SMILES string of the molecule is Cc1ccccc1Cn1ccc2cc(C#N)ccc21. The van der Waals surface area contributed by atoms with E-state index in [1.54, 1.807) is 0 Å². The molecule has 1 heterocycles. The van der Waals surface area contributed by atoms with Crippen molar-refractivity contribution in [2.45, 2.75) is 13.5 Å². The predicted octanol–water partition coefficient (Wildman–Crippen LogP) is 3.87. The van der Waals surface area contributed by atoms with E-state index in [0.29, 0.717) is 5.56 Å². The summed E-state index contributed by atoms with van der Waals surface area (Å²) in [7, 11) is 0. The fourth-order valence-corrected chi connectivity index (χ4v) is 2.38. The van der Waals surface area contributed by atoms with Crippen molar-refractivity contribution < 1.29 is 0 Å². The van der Waals surface area contributed by atoms with Crippen LogP contribution in [-0.4, -0.2) is 4.57 Å². The number of nitriles is 1. The van der Waals surface area contributed by atoms with Crippen LogP contribution in [0.5, 0.6) is 0 Å². The third-order valence-electron chi connectivity index (χ3n) is 3.50. The number of aromatic nitrogens is 1. The van der Waals surface area contributed by atoms with Gasteiger partial charge in [-0.1, -0.05) is 24.3 Å². The molecule has 0 saturated carbocycles. The predicted molar refractivity (Wildman–Crippen MR) is 76.9 cm³/mol. The zero-order chi connectivity index (χ0) is 13.2. The van der Waals surface area contributed by atoms with E-state index in [-0.39, 0.29) is 0 Å². The van der Waals surface area contributed by atoms with Gasteiger partial charge in [-0.25, -0.2) is 0 Å². The Bertz CT molecular complexity index is 775. The molecule has 0 unspecified atom stereocenters. The van der Waals surface area contributed by atoms with Crippen molar-refractivity contribution in [2.75, 3.05) is 0 Å². The summed E-state index contributed by atoms with van der Waals surface area (Å²) in [6.45, 7) is 3.00. The van der Waals surface area contributed by atoms with Gasteiger partial charge in [0.15, 0.2) is 0 Å². The van der Waals surface area contributed by atoms with Crippen LogP contribution in [0.15, 0.2) is 54.7 Å². The third-order valence-corrected chi connectivity index (χ3v) is 3.50. The molecule has 0 saturated heterocycles. The summed E-state index contributed by atoms with van der Waals surface area (Å²) in [6, 6.07) is 18.5. The fraction of sp³-hybridized carbons (Fsp3) is 0.118. The lowest BCUT2D eigenvalue weighted by Gasteiger charge is -2.08. The minimum Gasteiger partial charge on any atom is -0.343 e. The van der Waals surface area contributed by atoms with Crippen molar-refractivity contribution in [2.24, 2.45) is 0 Å². The van der Waals surface area contributed by atoms with Crippen LogP contribution in [0.3, 0.4) is 0 Å². The highest BCUT2D eigenvalue weighted by Gasteiger charge is 2.04. The molecule has 0 aliphatic carbocycles. The van der Waals surface area contributed by atoms with Gasteiger partial charge in [0.2, 0.25) is 0 Å². The van der Waals surface area contributed by atoms with Gasteiger partial charge in [0, 0.05) is 23.6 Å². The Labute approximate surface area is 112 Å². The summed E-state index contributed by atoms with van der Waals surface area (Å²) in [5.74, 6) is 0. The van der Waals surface area contributed by atoms with Gasteiger partial charge < -0.3 is 4.57 Å². The molecule has 3 aromatic rings. The maximum absolute atomic E-state index is 8.92. The highest BCUT2D eigenvalue weighted by Crippen LogP contribution is 2.19. The monoisotopic (exact) mass is 246 g/mol. The van der Waals surface area contributed by atoms with Crippen molar-refractivity contribution in [3.63, 3.8) is 0 Å². The lowest BCUT2D eigenvalue weighted by molar-refractivity contribution is 0.830. The number of nitrogens with zero attached hydrogens (tertiary/aromatic N) is 2. The molecule has 19 heavy (non-hydrogen) atoms. The van der Waals surface area contributed by atoms with E-state index in [0.717, 1.165) is 11.9 Å². The van der Waals surface area contributed by atoms with E-state index < -0.39 is 0 Å². The molecule has 1 aromatic heterocycles. The zero-order valence-corrected chi connectivity index (χ0v) is 10.8. The van der Waals surface area contributed by atoms with Crippen LogP contribution in [0.2, 0.25) is 0 Å². The number of benzene rings is 2.